The number of anilines is 1. The molecule has 0 saturated heterocycles. The molecule has 110 valence electrons. The molecule has 1 fully saturated rings. The lowest BCUT2D eigenvalue weighted by atomic mass is 9.70. The molecule has 1 aliphatic carbocycles. The summed E-state index contributed by atoms with van der Waals surface area (Å²) in [4.78, 5) is 10.9. The first-order valence-corrected chi connectivity index (χ1v) is 7.20. The lowest BCUT2D eigenvalue weighted by Crippen LogP contribution is -2.33. The van der Waals surface area contributed by atoms with Crippen LogP contribution in [0.1, 0.15) is 39.5 Å². The zero-order valence-electron chi connectivity index (χ0n) is 12.1. The van der Waals surface area contributed by atoms with Gasteiger partial charge in [-0.05, 0) is 36.8 Å². The Hall–Kier alpha value is -1.78. The summed E-state index contributed by atoms with van der Waals surface area (Å²) in [5.41, 5.74) is 0.870. The van der Waals surface area contributed by atoms with Gasteiger partial charge in [-0.2, -0.15) is 0 Å². The summed E-state index contributed by atoms with van der Waals surface area (Å²) < 4.78 is 5.48. The van der Waals surface area contributed by atoms with Crippen LogP contribution < -0.4 is 10.1 Å². The number of nitrogens with one attached hydrogen (secondary N) is 1. The van der Waals surface area contributed by atoms with Crippen molar-refractivity contribution in [3.63, 3.8) is 0 Å². The summed E-state index contributed by atoms with van der Waals surface area (Å²) >= 11 is 0. The van der Waals surface area contributed by atoms with Crippen LogP contribution in [0, 0.1) is 15.5 Å². The van der Waals surface area contributed by atoms with Crippen molar-refractivity contribution in [3.8, 4) is 5.75 Å². The molecule has 1 aromatic carbocycles. The molecular weight excluding hydrogens is 256 g/mol. The highest BCUT2D eigenvalue weighted by Crippen LogP contribution is 2.41. The molecule has 1 aliphatic rings. The van der Waals surface area contributed by atoms with Gasteiger partial charge in [-0.25, -0.2) is 0 Å². The van der Waals surface area contributed by atoms with Crippen LogP contribution in [0.5, 0.6) is 5.75 Å². The Labute approximate surface area is 119 Å². The number of hydrogen-bond acceptors (Lipinski definition) is 4. The highest BCUT2D eigenvalue weighted by atomic mass is 16.6. The summed E-state index contributed by atoms with van der Waals surface area (Å²) in [6.07, 6.45) is 4.44. The summed E-state index contributed by atoms with van der Waals surface area (Å²) in [5, 5.41) is 14.5. The Morgan fingerprint density at radius 3 is 2.75 bits per heavy atom. The molecule has 5 nitrogen and oxygen atoms in total. The van der Waals surface area contributed by atoms with E-state index in [1.165, 1.54) is 19.3 Å². The maximum atomic E-state index is 11.3. The van der Waals surface area contributed by atoms with E-state index in [4.69, 9.17) is 4.74 Å². The van der Waals surface area contributed by atoms with E-state index in [9.17, 15) is 10.1 Å². The number of nitro benzene ring substituents is 1. The Balaban J connectivity index is 2.15. The van der Waals surface area contributed by atoms with Crippen LogP contribution in [0.15, 0.2) is 18.2 Å². The first-order valence-electron chi connectivity index (χ1n) is 7.20. The maximum Gasteiger partial charge on any atom is 0.333 e. The molecule has 5 heteroatoms. The molecule has 0 atom stereocenters. The normalized spacial score (nSPS) is 16.3. The third-order valence-corrected chi connectivity index (χ3v) is 3.91. The van der Waals surface area contributed by atoms with Crippen LogP contribution in [0.25, 0.3) is 0 Å². The number of hydrogen-bond donors (Lipinski definition) is 1. The van der Waals surface area contributed by atoms with Gasteiger partial charge in [0, 0.05) is 6.54 Å². The molecule has 0 heterocycles. The van der Waals surface area contributed by atoms with E-state index < -0.39 is 0 Å². The van der Waals surface area contributed by atoms with E-state index in [2.05, 4.69) is 12.2 Å². The Kier molecular flexibility index (Phi) is 4.47. The van der Waals surface area contributed by atoms with Gasteiger partial charge in [0.15, 0.2) is 5.75 Å². The monoisotopic (exact) mass is 278 g/mol. The van der Waals surface area contributed by atoms with Gasteiger partial charge in [-0.1, -0.05) is 26.3 Å². The van der Waals surface area contributed by atoms with Crippen molar-refractivity contribution in [1.29, 1.82) is 0 Å². The molecule has 0 radical (unpaired) electrons. The van der Waals surface area contributed by atoms with E-state index in [0.717, 1.165) is 13.0 Å². The van der Waals surface area contributed by atoms with Crippen molar-refractivity contribution < 1.29 is 9.66 Å². The molecule has 0 bridgehead atoms. The SMILES string of the molecule is CCCOc1cccc(NCC2(C)CCC2)c1[N+](=O)[O-]. The van der Waals surface area contributed by atoms with Crippen molar-refractivity contribution in [2.24, 2.45) is 5.41 Å². The highest BCUT2D eigenvalue weighted by molar-refractivity contribution is 5.68. The molecule has 1 saturated carbocycles. The third kappa shape index (κ3) is 3.21. The van der Waals surface area contributed by atoms with Gasteiger partial charge >= 0.3 is 5.69 Å². The molecule has 2 rings (SSSR count). The van der Waals surface area contributed by atoms with Crippen molar-refractivity contribution in [2.75, 3.05) is 18.5 Å². The van der Waals surface area contributed by atoms with Gasteiger partial charge < -0.3 is 10.1 Å². The van der Waals surface area contributed by atoms with E-state index >= 15 is 0 Å². The van der Waals surface area contributed by atoms with E-state index in [-0.39, 0.29) is 16.0 Å². The highest BCUT2D eigenvalue weighted by Gasteiger charge is 2.32. The van der Waals surface area contributed by atoms with Gasteiger partial charge in [0.2, 0.25) is 0 Å². The predicted molar refractivity (Wildman–Crippen MR) is 79.3 cm³/mol. The molecule has 0 unspecified atom stereocenters. The van der Waals surface area contributed by atoms with Gasteiger partial charge in [-0.15, -0.1) is 0 Å². The first-order chi connectivity index (χ1) is 9.56. The van der Waals surface area contributed by atoms with Crippen molar-refractivity contribution in [1.82, 2.24) is 0 Å². The number of benzene rings is 1. The van der Waals surface area contributed by atoms with Crippen molar-refractivity contribution >= 4 is 11.4 Å². The lowest BCUT2D eigenvalue weighted by Gasteiger charge is -2.38. The topological polar surface area (TPSA) is 64.4 Å². The number of nitrogens with zero attached hydrogens (tertiary/aromatic N) is 1. The minimum absolute atomic E-state index is 0.0453. The van der Waals surface area contributed by atoms with Crippen LogP contribution in [0.3, 0.4) is 0 Å². The molecule has 20 heavy (non-hydrogen) atoms. The quantitative estimate of drug-likeness (QED) is 0.605. The van der Waals surface area contributed by atoms with Crippen molar-refractivity contribution in [2.45, 2.75) is 39.5 Å². The van der Waals surface area contributed by atoms with E-state index in [0.29, 0.717) is 18.0 Å². The van der Waals surface area contributed by atoms with Crippen LogP contribution in [-0.4, -0.2) is 18.1 Å². The maximum absolute atomic E-state index is 11.3. The van der Waals surface area contributed by atoms with Gasteiger partial charge in [0.05, 0.1) is 11.5 Å². The van der Waals surface area contributed by atoms with E-state index in [1.807, 2.05) is 6.92 Å². The minimum atomic E-state index is -0.365. The zero-order chi connectivity index (χ0) is 14.6. The second kappa shape index (κ2) is 6.11. The Bertz CT molecular complexity index is 484. The van der Waals surface area contributed by atoms with Gasteiger partial charge in [0.25, 0.3) is 0 Å². The number of para-hydroxylation sites is 1. The predicted octanol–water partition coefficient (Wildman–Crippen LogP) is 3.99. The molecule has 1 N–H and O–H groups in total. The van der Waals surface area contributed by atoms with Crippen LogP contribution in [0.4, 0.5) is 11.4 Å². The fraction of sp³-hybridized carbons (Fsp3) is 0.600. The first kappa shape index (κ1) is 14.6. The largest absolute Gasteiger partial charge is 0.487 e. The number of nitro groups is 1. The number of rotatable bonds is 7. The summed E-state index contributed by atoms with van der Waals surface area (Å²) in [5.74, 6) is 0.348. The standard InChI is InChI=1S/C15H22N2O3/c1-3-10-20-13-7-4-6-12(14(13)17(18)19)16-11-15(2)8-5-9-15/h4,6-7,16H,3,5,8-11H2,1-2H3. The van der Waals surface area contributed by atoms with E-state index in [1.54, 1.807) is 18.2 Å². The fourth-order valence-corrected chi connectivity index (χ4v) is 2.45. The van der Waals surface area contributed by atoms with Crippen LogP contribution in [-0.2, 0) is 0 Å². The molecule has 0 spiro atoms. The Morgan fingerprint density at radius 1 is 1.45 bits per heavy atom. The van der Waals surface area contributed by atoms with Crippen LogP contribution >= 0.6 is 0 Å². The smallest absolute Gasteiger partial charge is 0.333 e. The molecular formula is C15H22N2O3. The van der Waals surface area contributed by atoms with Gasteiger partial charge in [0.1, 0.15) is 5.69 Å². The van der Waals surface area contributed by atoms with Crippen LogP contribution in [0.2, 0.25) is 0 Å². The van der Waals surface area contributed by atoms with Crippen molar-refractivity contribution in [3.05, 3.63) is 28.3 Å². The summed E-state index contributed by atoms with van der Waals surface area (Å²) in [7, 11) is 0. The molecule has 0 aliphatic heterocycles. The molecule has 0 aromatic heterocycles. The third-order valence-electron chi connectivity index (χ3n) is 3.91. The second-order valence-electron chi connectivity index (χ2n) is 5.78. The summed E-state index contributed by atoms with van der Waals surface area (Å²) in [6, 6.07) is 5.20. The molecule has 0 amide bonds. The summed E-state index contributed by atoms with van der Waals surface area (Å²) in [6.45, 7) is 5.45. The zero-order valence-corrected chi connectivity index (χ0v) is 12.1. The average molecular weight is 278 g/mol. The second-order valence-corrected chi connectivity index (χ2v) is 5.78. The fourth-order valence-electron chi connectivity index (χ4n) is 2.45. The average Bonchev–Trinajstić information content (AvgIpc) is 2.40. The minimum Gasteiger partial charge on any atom is -0.487 e. The van der Waals surface area contributed by atoms with Gasteiger partial charge in [-0.3, -0.25) is 10.1 Å². The Morgan fingerprint density at radius 2 is 2.20 bits per heavy atom. The lowest BCUT2D eigenvalue weighted by molar-refractivity contribution is -0.385. The number of ether oxygens (including phenoxy) is 1. The molecule has 1 aromatic rings.